The van der Waals surface area contributed by atoms with Crippen LogP contribution in [0.25, 0.3) is 0 Å². The van der Waals surface area contributed by atoms with Crippen molar-refractivity contribution in [1.82, 2.24) is 9.80 Å². The van der Waals surface area contributed by atoms with Crippen molar-refractivity contribution in [3.8, 4) is 5.75 Å². The van der Waals surface area contributed by atoms with Gasteiger partial charge < -0.3 is 20.3 Å². The average molecular weight is 281 g/mol. The van der Waals surface area contributed by atoms with Crippen molar-refractivity contribution in [2.24, 2.45) is 0 Å². The van der Waals surface area contributed by atoms with E-state index >= 15 is 0 Å². The molecule has 0 bridgehead atoms. The van der Waals surface area contributed by atoms with E-state index < -0.39 is 0 Å². The predicted octanol–water partition coefficient (Wildman–Crippen LogP) is 0.949. The SMILES string of the molecule is CN(C)CC(=O)N1CCC(Oc2cc(F)ccc2N)C1. The number of rotatable bonds is 4. The lowest BCUT2D eigenvalue weighted by Crippen LogP contribution is -2.37. The molecule has 1 heterocycles. The van der Waals surface area contributed by atoms with Crippen LogP contribution in [0.5, 0.6) is 5.75 Å². The Morgan fingerprint density at radius 1 is 1.55 bits per heavy atom. The number of likely N-dealkylation sites (tertiary alicyclic amines) is 1. The summed E-state index contributed by atoms with van der Waals surface area (Å²) in [5.74, 6) is 0.0398. The maximum atomic E-state index is 13.2. The first-order valence-electron chi connectivity index (χ1n) is 6.60. The van der Waals surface area contributed by atoms with Crippen LogP contribution in [0.15, 0.2) is 18.2 Å². The summed E-state index contributed by atoms with van der Waals surface area (Å²) in [7, 11) is 3.71. The second kappa shape index (κ2) is 6.09. The Labute approximate surface area is 118 Å². The van der Waals surface area contributed by atoms with Crippen LogP contribution in [0.2, 0.25) is 0 Å². The van der Waals surface area contributed by atoms with Crippen LogP contribution in [0, 0.1) is 5.82 Å². The number of nitrogen functional groups attached to an aromatic ring is 1. The van der Waals surface area contributed by atoms with Crippen molar-refractivity contribution in [3.05, 3.63) is 24.0 Å². The topological polar surface area (TPSA) is 58.8 Å². The second-order valence-corrected chi connectivity index (χ2v) is 5.29. The van der Waals surface area contributed by atoms with Gasteiger partial charge in [-0.1, -0.05) is 0 Å². The monoisotopic (exact) mass is 281 g/mol. The minimum absolute atomic E-state index is 0.0771. The summed E-state index contributed by atoms with van der Waals surface area (Å²) in [5, 5.41) is 0. The van der Waals surface area contributed by atoms with E-state index in [1.54, 1.807) is 4.90 Å². The van der Waals surface area contributed by atoms with Crippen LogP contribution in [-0.2, 0) is 4.79 Å². The molecule has 1 aliphatic rings. The molecule has 0 spiro atoms. The van der Waals surface area contributed by atoms with Gasteiger partial charge in [0.05, 0.1) is 18.8 Å². The molecular formula is C14H20FN3O2. The summed E-state index contributed by atoms with van der Waals surface area (Å²) < 4.78 is 18.9. The average Bonchev–Trinajstić information content (AvgIpc) is 2.82. The van der Waals surface area contributed by atoms with Crippen LogP contribution in [0.1, 0.15) is 6.42 Å². The van der Waals surface area contributed by atoms with E-state index in [0.29, 0.717) is 31.1 Å². The Morgan fingerprint density at radius 2 is 2.30 bits per heavy atom. The zero-order chi connectivity index (χ0) is 14.7. The molecule has 0 saturated carbocycles. The highest BCUT2D eigenvalue weighted by Gasteiger charge is 2.28. The molecule has 0 aliphatic carbocycles. The number of nitrogens with two attached hydrogens (primary N) is 1. The number of carbonyl (C=O) groups excluding carboxylic acids is 1. The van der Waals surface area contributed by atoms with Crippen LogP contribution in [0.3, 0.4) is 0 Å². The van der Waals surface area contributed by atoms with Crippen molar-refractivity contribution >= 4 is 11.6 Å². The maximum Gasteiger partial charge on any atom is 0.236 e. The number of ether oxygens (including phenoxy) is 1. The Hall–Kier alpha value is -1.82. The number of likely N-dealkylation sites (N-methyl/N-ethyl adjacent to an activating group) is 1. The van der Waals surface area contributed by atoms with Crippen molar-refractivity contribution in [3.63, 3.8) is 0 Å². The first kappa shape index (κ1) is 14.6. The van der Waals surface area contributed by atoms with Gasteiger partial charge in [0.1, 0.15) is 17.7 Å². The third-order valence-electron chi connectivity index (χ3n) is 3.22. The summed E-state index contributed by atoms with van der Waals surface area (Å²) in [5.41, 5.74) is 6.16. The third-order valence-corrected chi connectivity index (χ3v) is 3.22. The minimum atomic E-state index is -0.382. The van der Waals surface area contributed by atoms with E-state index in [-0.39, 0.29) is 17.8 Å². The lowest BCUT2D eigenvalue weighted by Gasteiger charge is -2.19. The normalized spacial score (nSPS) is 18.6. The molecule has 1 amide bonds. The maximum absolute atomic E-state index is 13.2. The van der Waals surface area contributed by atoms with Gasteiger partial charge in [-0.15, -0.1) is 0 Å². The molecular weight excluding hydrogens is 261 g/mol. The predicted molar refractivity (Wildman–Crippen MR) is 75.0 cm³/mol. The van der Waals surface area contributed by atoms with Gasteiger partial charge in [0, 0.05) is 19.0 Å². The summed E-state index contributed by atoms with van der Waals surface area (Å²) in [6.45, 7) is 1.56. The quantitative estimate of drug-likeness (QED) is 0.835. The molecule has 5 nitrogen and oxygen atoms in total. The van der Waals surface area contributed by atoms with Crippen molar-refractivity contribution < 1.29 is 13.9 Å². The Kier molecular flexibility index (Phi) is 4.44. The second-order valence-electron chi connectivity index (χ2n) is 5.29. The molecule has 0 aromatic heterocycles. The van der Waals surface area contributed by atoms with E-state index in [1.165, 1.54) is 18.2 Å². The van der Waals surface area contributed by atoms with Gasteiger partial charge >= 0.3 is 0 Å². The smallest absolute Gasteiger partial charge is 0.236 e. The molecule has 0 radical (unpaired) electrons. The van der Waals surface area contributed by atoms with Crippen molar-refractivity contribution in [1.29, 1.82) is 0 Å². The van der Waals surface area contributed by atoms with Gasteiger partial charge in [-0.3, -0.25) is 4.79 Å². The zero-order valence-corrected chi connectivity index (χ0v) is 11.8. The van der Waals surface area contributed by atoms with Crippen LogP contribution in [-0.4, -0.2) is 55.5 Å². The first-order valence-corrected chi connectivity index (χ1v) is 6.60. The Balaban J connectivity index is 1.93. The summed E-state index contributed by atoms with van der Waals surface area (Å²) >= 11 is 0. The summed E-state index contributed by atoms with van der Waals surface area (Å²) in [6.07, 6.45) is 0.597. The number of halogens is 1. The number of amides is 1. The molecule has 1 saturated heterocycles. The molecule has 110 valence electrons. The zero-order valence-electron chi connectivity index (χ0n) is 11.8. The summed E-state index contributed by atoms with van der Waals surface area (Å²) in [6, 6.07) is 4.05. The van der Waals surface area contributed by atoms with E-state index in [9.17, 15) is 9.18 Å². The minimum Gasteiger partial charge on any atom is -0.486 e. The first-order chi connectivity index (χ1) is 9.45. The number of benzene rings is 1. The van der Waals surface area contributed by atoms with Crippen LogP contribution < -0.4 is 10.5 Å². The van der Waals surface area contributed by atoms with Gasteiger partial charge in [-0.25, -0.2) is 4.39 Å². The Bertz CT molecular complexity index is 493. The fourth-order valence-corrected chi connectivity index (χ4v) is 2.21. The van der Waals surface area contributed by atoms with Crippen molar-refractivity contribution in [2.75, 3.05) is 39.5 Å². The molecule has 20 heavy (non-hydrogen) atoms. The Morgan fingerprint density at radius 3 is 3.00 bits per heavy atom. The molecule has 2 rings (SSSR count). The molecule has 1 aliphatic heterocycles. The molecule has 1 aromatic carbocycles. The molecule has 2 N–H and O–H groups in total. The molecule has 1 unspecified atom stereocenters. The highest BCUT2D eigenvalue weighted by atomic mass is 19.1. The van der Waals surface area contributed by atoms with E-state index in [4.69, 9.17) is 10.5 Å². The van der Waals surface area contributed by atoms with Gasteiger partial charge in [-0.2, -0.15) is 0 Å². The lowest BCUT2D eigenvalue weighted by molar-refractivity contribution is -0.131. The van der Waals surface area contributed by atoms with E-state index in [0.717, 1.165) is 6.42 Å². The van der Waals surface area contributed by atoms with E-state index in [2.05, 4.69) is 0 Å². The molecule has 1 fully saturated rings. The molecule has 1 aromatic rings. The third kappa shape index (κ3) is 3.60. The fourth-order valence-electron chi connectivity index (χ4n) is 2.21. The molecule has 6 heteroatoms. The highest BCUT2D eigenvalue weighted by Crippen LogP contribution is 2.25. The largest absolute Gasteiger partial charge is 0.486 e. The number of hydrogen-bond donors (Lipinski definition) is 1. The van der Waals surface area contributed by atoms with Gasteiger partial charge in [0.2, 0.25) is 5.91 Å². The lowest BCUT2D eigenvalue weighted by atomic mass is 10.2. The number of hydrogen-bond acceptors (Lipinski definition) is 4. The molecule has 1 atom stereocenters. The van der Waals surface area contributed by atoms with Crippen molar-refractivity contribution in [2.45, 2.75) is 12.5 Å². The number of carbonyl (C=O) groups is 1. The van der Waals surface area contributed by atoms with E-state index in [1.807, 2.05) is 19.0 Å². The van der Waals surface area contributed by atoms with Gasteiger partial charge in [0.25, 0.3) is 0 Å². The number of anilines is 1. The van der Waals surface area contributed by atoms with Crippen LogP contribution >= 0.6 is 0 Å². The highest BCUT2D eigenvalue weighted by molar-refractivity contribution is 5.78. The number of nitrogens with zero attached hydrogens (tertiary/aromatic N) is 2. The standard InChI is InChI=1S/C14H20FN3O2/c1-17(2)9-14(19)18-6-5-11(8-18)20-13-7-10(15)3-4-12(13)16/h3-4,7,11H,5-6,8-9,16H2,1-2H3. The fraction of sp³-hybridized carbons (Fsp3) is 0.500. The summed E-state index contributed by atoms with van der Waals surface area (Å²) in [4.78, 5) is 15.5. The van der Waals surface area contributed by atoms with Gasteiger partial charge in [-0.05, 0) is 26.2 Å². The van der Waals surface area contributed by atoms with Gasteiger partial charge in [0.15, 0.2) is 0 Å². The van der Waals surface area contributed by atoms with Crippen LogP contribution in [0.4, 0.5) is 10.1 Å².